The minimum Gasteiger partial charge on any atom is -0.351 e. The summed E-state index contributed by atoms with van der Waals surface area (Å²) >= 11 is 0. The van der Waals surface area contributed by atoms with Gasteiger partial charge in [-0.15, -0.1) is 5.10 Å². The van der Waals surface area contributed by atoms with Gasteiger partial charge in [-0.25, -0.2) is 4.68 Å². The minimum atomic E-state index is 0.0286. The summed E-state index contributed by atoms with van der Waals surface area (Å²) in [5, 5.41) is 14.4. The quantitative estimate of drug-likeness (QED) is 0.830. The lowest BCUT2D eigenvalue weighted by molar-refractivity contribution is -0.123. The molecule has 2 N–H and O–H groups in total. The van der Waals surface area contributed by atoms with Crippen molar-refractivity contribution < 1.29 is 4.79 Å². The summed E-state index contributed by atoms with van der Waals surface area (Å²) in [5.74, 6) is 1.26. The Morgan fingerprint density at radius 1 is 1.43 bits per heavy atom. The van der Waals surface area contributed by atoms with Crippen LogP contribution >= 0.6 is 0 Å². The molecule has 1 aliphatic carbocycles. The first-order chi connectivity index (χ1) is 10.1. The molecule has 2 rings (SSSR count). The van der Waals surface area contributed by atoms with Gasteiger partial charge in [-0.1, -0.05) is 38.8 Å². The van der Waals surface area contributed by atoms with Crippen molar-refractivity contribution in [1.82, 2.24) is 25.6 Å². The van der Waals surface area contributed by atoms with Gasteiger partial charge < -0.3 is 10.6 Å². The molecule has 6 heteroatoms. The van der Waals surface area contributed by atoms with Crippen LogP contribution < -0.4 is 10.6 Å². The number of aromatic nitrogens is 3. The fourth-order valence-corrected chi connectivity index (χ4v) is 2.94. The second-order valence-electron chi connectivity index (χ2n) is 6.13. The van der Waals surface area contributed by atoms with Crippen LogP contribution in [-0.4, -0.2) is 33.5 Å². The molecule has 3 unspecified atom stereocenters. The van der Waals surface area contributed by atoms with E-state index in [1.165, 1.54) is 12.8 Å². The standard InChI is InChI=1S/C15H27N5O/c1-4-16-8-13-9-20(19-18-13)10-15(21)17-14-7-5-6-11(2)12(14)3/h9,11-12,14,16H,4-8,10H2,1-3H3,(H,17,21). The van der Waals surface area contributed by atoms with Gasteiger partial charge in [0.05, 0.1) is 11.9 Å². The Morgan fingerprint density at radius 2 is 2.24 bits per heavy atom. The van der Waals surface area contributed by atoms with Crippen molar-refractivity contribution in [2.75, 3.05) is 6.54 Å². The molecule has 0 aliphatic heterocycles. The van der Waals surface area contributed by atoms with Gasteiger partial charge in [0.25, 0.3) is 0 Å². The zero-order valence-electron chi connectivity index (χ0n) is 13.3. The van der Waals surface area contributed by atoms with E-state index in [0.29, 0.717) is 24.4 Å². The van der Waals surface area contributed by atoms with Crippen LogP contribution in [0.2, 0.25) is 0 Å². The van der Waals surface area contributed by atoms with Crippen molar-refractivity contribution in [2.45, 2.75) is 59.2 Å². The zero-order chi connectivity index (χ0) is 15.2. The Kier molecular flexibility index (Phi) is 5.73. The van der Waals surface area contributed by atoms with Gasteiger partial charge >= 0.3 is 0 Å². The summed E-state index contributed by atoms with van der Waals surface area (Å²) in [7, 11) is 0. The lowest BCUT2D eigenvalue weighted by Gasteiger charge is -2.34. The Morgan fingerprint density at radius 3 is 3.00 bits per heavy atom. The normalized spacial score (nSPS) is 25.8. The highest BCUT2D eigenvalue weighted by Crippen LogP contribution is 2.29. The first kappa shape index (κ1) is 15.9. The van der Waals surface area contributed by atoms with Gasteiger partial charge in [0.2, 0.25) is 5.91 Å². The van der Waals surface area contributed by atoms with Crippen LogP contribution in [0.4, 0.5) is 0 Å². The number of nitrogens with one attached hydrogen (secondary N) is 2. The molecule has 0 saturated heterocycles. The van der Waals surface area contributed by atoms with E-state index in [2.05, 4.69) is 34.8 Å². The smallest absolute Gasteiger partial charge is 0.242 e. The summed E-state index contributed by atoms with van der Waals surface area (Å²) in [6.45, 7) is 8.38. The van der Waals surface area contributed by atoms with Gasteiger partial charge in [-0.3, -0.25) is 4.79 Å². The number of rotatable bonds is 6. The number of nitrogens with zero attached hydrogens (tertiary/aromatic N) is 3. The van der Waals surface area contributed by atoms with Gasteiger partial charge in [0.15, 0.2) is 0 Å². The summed E-state index contributed by atoms with van der Waals surface area (Å²) in [5.41, 5.74) is 0.865. The Balaban J connectivity index is 1.82. The average Bonchev–Trinajstić information content (AvgIpc) is 2.89. The van der Waals surface area contributed by atoms with Gasteiger partial charge in [0, 0.05) is 12.6 Å². The number of hydrogen-bond donors (Lipinski definition) is 2. The predicted molar refractivity (Wildman–Crippen MR) is 81.5 cm³/mol. The molecule has 3 atom stereocenters. The average molecular weight is 293 g/mol. The summed E-state index contributed by atoms with van der Waals surface area (Å²) in [6.07, 6.45) is 5.38. The van der Waals surface area contributed by atoms with E-state index in [9.17, 15) is 4.79 Å². The van der Waals surface area contributed by atoms with Crippen molar-refractivity contribution >= 4 is 5.91 Å². The lowest BCUT2D eigenvalue weighted by Crippen LogP contribution is -2.44. The molecule has 0 radical (unpaired) electrons. The molecule has 0 aromatic carbocycles. The molecule has 21 heavy (non-hydrogen) atoms. The number of amides is 1. The number of hydrogen-bond acceptors (Lipinski definition) is 4. The third kappa shape index (κ3) is 4.52. The van der Waals surface area contributed by atoms with Gasteiger partial charge in [0.1, 0.15) is 6.54 Å². The number of carbonyl (C=O) groups is 1. The third-order valence-corrected chi connectivity index (χ3v) is 4.50. The molecule has 0 spiro atoms. The van der Waals surface area contributed by atoms with Crippen LogP contribution in [0.5, 0.6) is 0 Å². The van der Waals surface area contributed by atoms with E-state index in [1.807, 2.05) is 13.1 Å². The molecule has 1 aromatic rings. The fraction of sp³-hybridized carbons (Fsp3) is 0.800. The molecule has 118 valence electrons. The van der Waals surface area contributed by atoms with E-state index in [4.69, 9.17) is 0 Å². The molecule has 0 bridgehead atoms. The van der Waals surface area contributed by atoms with Crippen LogP contribution in [0, 0.1) is 11.8 Å². The fourth-order valence-electron chi connectivity index (χ4n) is 2.94. The molecule has 1 aromatic heterocycles. The molecule has 1 heterocycles. The molecule has 1 aliphatic rings. The predicted octanol–water partition coefficient (Wildman–Crippen LogP) is 1.33. The van der Waals surface area contributed by atoms with Gasteiger partial charge in [-0.05, 0) is 24.8 Å². The van der Waals surface area contributed by atoms with E-state index in [1.54, 1.807) is 4.68 Å². The van der Waals surface area contributed by atoms with Crippen LogP contribution in [0.25, 0.3) is 0 Å². The zero-order valence-corrected chi connectivity index (χ0v) is 13.3. The molecule has 1 saturated carbocycles. The van der Waals surface area contributed by atoms with Crippen molar-refractivity contribution in [2.24, 2.45) is 11.8 Å². The molecule has 1 amide bonds. The second-order valence-corrected chi connectivity index (χ2v) is 6.13. The molecular formula is C15H27N5O. The van der Waals surface area contributed by atoms with E-state index in [-0.39, 0.29) is 12.5 Å². The Bertz CT molecular complexity index is 459. The molecule has 6 nitrogen and oxygen atoms in total. The maximum Gasteiger partial charge on any atom is 0.242 e. The maximum absolute atomic E-state index is 12.1. The lowest BCUT2D eigenvalue weighted by atomic mass is 9.78. The van der Waals surface area contributed by atoms with Crippen LogP contribution in [-0.2, 0) is 17.9 Å². The maximum atomic E-state index is 12.1. The number of carbonyl (C=O) groups excluding carboxylic acids is 1. The van der Waals surface area contributed by atoms with Crippen LogP contribution in [0.15, 0.2) is 6.20 Å². The Hall–Kier alpha value is -1.43. The first-order valence-electron chi connectivity index (χ1n) is 7.99. The highest BCUT2D eigenvalue weighted by molar-refractivity contribution is 5.76. The summed E-state index contributed by atoms with van der Waals surface area (Å²) < 4.78 is 1.61. The van der Waals surface area contributed by atoms with Gasteiger partial charge in [-0.2, -0.15) is 0 Å². The van der Waals surface area contributed by atoms with Crippen LogP contribution in [0.1, 0.15) is 45.7 Å². The van der Waals surface area contributed by atoms with Crippen molar-refractivity contribution in [1.29, 1.82) is 0 Å². The highest BCUT2D eigenvalue weighted by Gasteiger charge is 2.28. The Labute approximate surface area is 126 Å². The minimum absolute atomic E-state index is 0.0286. The van der Waals surface area contributed by atoms with Crippen molar-refractivity contribution in [3.63, 3.8) is 0 Å². The highest BCUT2D eigenvalue weighted by atomic mass is 16.2. The summed E-state index contributed by atoms with van der Waals surface area (Å²) in [6, 6.07) is 0.297. The van der Waals surface area contributed by atoms with E-state index < -0.39 is 0 Å². The molecule has 1 fully saturated rings. The van der Waals surface area contributed by atoms with Crippen molar-refractivity contribution in [3.8, 4) is 0 Å². The SMILES string of the molecule is CCNCc1cn(CC(=O)NC2CCCC(C)C2C)nn1. The summed E-state index contributed by atoms with van der Waals surface area (Å²) in [4.78, 5) is 12.1. The van der Waals surface area contributed by atoms with Crippen molar-refractivity contribution in [3.05, 3.63) is 11.9 Å². The first-order valence-corrected chi connectivity index (χ1v) is 7.99. The topological polar surface area (TPSA) is 71.8 Å². The van der Waals surface area contributed by atoms with Crippen LogP contribution in [0.3, 0.4) is 0 Å². The second kappa shape index (κ2) is 7.54. The van der Waals surface area contributed by atoms with E-state index in [0.717, 1.165) is 18.7 Å². The van der Waals surface area contributed by atoms with E-state index >= 15 is 0 Å². The monoisotopic (exact) mass is 293 g/mol. The third-order valence-electron chi connectivity index (χ3n) is 4.50. The largest absolute Gasteiger partial charge is 0.351 e. The molecular weight excluding hydrogens is 266 g/mol.